The second-order valence-corrected chi connectivity index (χ2v) is 4.74. The average molecular weight is 266 g/mol. The molecule has 2 rings (SSSR count). The van der Waals surface area contributed by atoms with Gasteiger partial charge in [0, 0.05) is 13.1 Å². The van der Waals surface area contributed by atoms with Gasteiger partial charge in [0.2, 0.25) is 11.9 Å². The monoisotopic (exact) mass is 266 g/mol. The van der Waals surface area contributed by atoms with E-state index >= 15 is 0 Å². The number of hydrogen-bond acceptors (Lipinski definition) is 7. The Bertz CT molecular complexity index is 413. The number of nitrogen functional groups attached to an aromatic ring is 1. The first-order valence-electron chi connectivity index (χ1n) is 6.87. The first-order chi connectivity index (χ1) is 9.26. The van der Waals surface area contributed by atoms with Crippen molar-refractivity contribution in [1.29, 1.82) is 0 Å². The summed E-state index contributed by atoms with van der Waals surface area (Å²) in [6.07, 6.45) is 3.27. The maximum absolute atomic E-state index is 5.47. The molecule has 1 aliphatic rings. The molecule has 0 amide bonds. The van der Waals surface area contributed by atoms with Gasteiger partial charge < -0.3 is 9.64 Å². The molecule has 0 saturated carbocycles. The van der Waals surface area contributed by atoms with Crippen LogP contribution in [0.2, 0.25) is 0 Å². The maximum atomic E-state index is 5.47. The fraction of sp³-hybridized carbons (Fsp3) is 0.750. The third-order valence-electron chi connectivity index (χ3n) is 3.31. The molecule has 0 bridgehead atoms. The van der Waals surface area contributed by atoms with Crippen molar-refractivity contribution in [2.45, 2.75) is 33.1 Å². The van der Waals surface area contributed by atoms with Gasteiger partial charge in [-0.1, -0.05) is 20.3 Å². The zero-order valence-electron chi connectivity index (χ0n) is 11.6. The number of anilines is 2. The van der Waals surface area contributed by atoms with Gasteiger partial charge in [-0.05, 0) is 18.8 Å². The van der Waals surface area contributed by atoms with Gasteiger partial charge >= 0.3 is 6.01 Å². The molecule has 7 heteroatoms. The van der Waals surface area contributed by atoms with Crippen LogP contribution in [-0.2, 0) is 0 Å². The molecule has 0 aromatic carbocycles. The number of nitrogens with one attached hydrogen (secondary N) is 1. The smallest absolute Gasteiger partial charge is 0.323 e. The number of nitrogens with two attached hydrogens (primary N) is 1. The van der Waals surface area contributed by atoms with E-state index in [2.05, 4.69) is 32.2 Å². The lowest BCUT2D eigenvalue weighted by atomic mass is 10.1. The molecule has 1 unspecified atom stereocenters. The van der Waals surface area contributed by atoms with E-state index in [0.717, 1.165) is 19.5 Å². The Morgan fingerprint density at radius 1 is 1.37 bits per heavy atom. The molecule has 0 aliphatic carbocycles. The highest BCUT2D eigenvalue weighted by molar-refractivity contribution is 5.38. The van der Waals surface area contributed by atoms with E-state index in [1.807, 2.05) is 6.92 Å². The van der Waals surface area contributed by atoms with Crippen molar-refractivity contribution in [2.75, 3.05) is 30.0 Å². The Morgan fingerprint density at radius 3 is 2.84 bits per heavy atom. The number of rotatable bonds is 6. The molecule has 1 atom stereocenters. The molecule has 0 radical (unpaired) electrons. The molecule has 1 aromatic rings. The minimum atomic E-state index is 0.333. The van der Waals surface area contributed by atoms with E-state index < -0.39 is 0 Å². The molecule has 1 aliphatic heterocycles. The molecule has 2 heterocycles. The number of hydrazine groups is 1. The van der Waals surface area contributed by atoms with Crippen LogP contribution in [0.25, 0.3) is 0 Å². The highest BCUT2D eigenvalue weighted by Gasteiger charge is 2.24. The van der Waals surface area contributed by atoms with Gasteiger partial charge in [0.15, 0.2) is 0 Å². The fourth-order valence-electron chi connectivity index (χ4n) is 2.16. The van der Waals surface area contributed by atoms with Crippen molar-refractivity contribution in [2.24, 2.45) is 11.8 Å². The molecular formula is C12H22N6O. The molecule has 19 heavy (non-hydrogen) atoms. The summed E-state index contributed by atoms with van der Waals surface area (Å²) in [6, 6.07) is 0.333. The van der Waals surface area contributed by atoms with Crippen molar-refractivity contribution < 1.29 is 4.74 Å². The van der Waals surface area contributed by atoms with E-state index in [4.69, 9.17) is 10.6 Å². The Labute approximate surface area is 113 Å². The standard InChI is InChI=1S/C12H22N6O/c1-3-7-19-12-15-10(17-13)14-11(16-12)18-6-5-9(4-2)8-18/h9H,3-8,13H2,1-2H3,(H,14,15,16,17). The van der Waals surface area contributed by atoms with Crippen molar-refractivity contribution >= 4 is 11.9 Å². The number of hydrogen-bond donors (Lipinski definition) is 2. The van der Waals surface area contributed by atoms with Crippen molar-refractivity contribution in [3.8, 4) is 6.01 Å². The SMILES string of the molecule is CCCOc1nc(NN)nc(N2CCC(CC)C2)n1. The van der Waals surface area contributed by atoms with Crippen LogP contribution < -0.4 is 20.9 Å². The first kappa shape index (κ1) is 13.8. The largest absolute Gasteiger partial charge is 0.463 e. The summed E-state index contributed by atoms with van der Waals surface area (Å²) in [6.45, 7) is 6.79. The van der Waals surface area contributed by atoms with Crippen LogP contribution >= 0.6 is 0 Å². The minimum Gasteiger partial charge on any atom is -0.463 e. The molecule has 1 fully saturated rings. The highest BCUT2D eigenvalue weighted by Crippen LogP contribution is 2.24. The van der Waals surface area contributed by atoms with Gasteiger partial charge in [-0.3, -0.25) is 5.43 Å². The Kier molecular flexibility index (Phi) is 4.73. The molecule has 1 aromatic heterocycles. The second kappa shape index (κ2) is 6.51. The molecule has 3 N–H and O–H groups in total. The van der Waals surface area contributed by atoms with Crippen LogP contribution in [0, 0.1) is 5.92 Å². The van der Waals surface area contributed by atoms with Crippen LogP contribution in [0.1, 0.15) is 33.1 Å². The van der Waals surface area contributed by atoms with Gasteiger partial charge in [0.1, 0.15) is 0 Å². The van der Waals surface area contributed by atoms with Crippen molar-refractivity contribution in [1.82, 2.24) is 15.0 Å². The lowest BCUT2D eigenvalue weighted by Gasteiger charge is -2.17. The van der Waals surface area contributed by atoms with E-state index in [1.54, 1.807) is 0 Å². The summed E-state index contributed by atoms with van der Waals surface area (Å²) in [5.74, 6) is 7.09. The summed E-state index contributed by atoms with van der Waals surface area (Å²) in [7, 11) is 0. The second-order valence-electron chi connectivity index (χ2n) is 4.74. The van der Waals surface area contributed by atoms with Gasteiger partial charge in [0.05, 0.1) is 6.61 Å². The number of aromatic nitrogens is 3. The molecule has 0 spiro atoms. The maximum Gasteiger partial charge on any atom is 0.323 e. The topological polar surface area (TPSA) is 89.2 Å². The quantitative estimate of drug-likeness (QED) is 0.590. The third-order valence-corrected chi connectivity index (χ3v) is 3.31. The van der Waals surface area contributed by atoms with Gasteiger partial charge in [-0.2, -0.15) is 15.0 Å². The molecule has 106 valence electrons. The Hall–Kier alpha value is -1.63. The first-order valence-corrected chi connectivity index (χ1v) is 6.87. The summed E-state index contributed by atoms with van der Waals surface area (Å²) in [5.41, 5.74) is 2.46. The Balaban J connectivity index is 2.14. The lowest BCUT2D eigenvalue weighted by molar-refractivity contribution is 0.292. The zero-order chi connectivity index (χ0) is 13.7. The average Bonchev–Trinajstić information content (AvgIpc) is 2.93. The summed E-state index contributed by atoms with van der Waals surface area (Å²) >= 11 is 0. The number of nitrogens with zero attached hydrogens (tertiary/aromatic N) is 4. The molecule has 7 nitrogen and oxygen atoms in total. The summed E-state index contributed by atoms with van der Waals surface area (Å²) in [5, 5.41) is 0. The Morgan fingerprint density at radius 2 is 2.21 bits per heavy atom. The number of ether oxygens (including phenoxy) is 1. The predicted octanol–water partition coefficient (Wildman–Crippen LogP) is 1.18. The van der Waals surface area contributed by atoms with Crippen LogP contribution in [0.4, 0.5) is 11.9 Å². The van der Waals surface area contributed by atoms with Crippen LogP contribution in [-0.4, -0.2) is 34.6 Å². The van der Waals surface area contributed by atoms with Gasteiger partial charge in [-0.15, -0.1) is 0 Å². The van der Waals surface area contributed by atoms with E-state index in [9.17, 15) is 0 Å². The summed E-state index contributed by atoms with van der Waals surface area (Å²) in [4.78, 5) is 14.9. The lowest BCUT2D eigenvalue weighted by Crippen LogP contribution is -2.24. The van der Waals surface area contributed by atoms with E-state index in [1.165, 1.54) is 12.8 Å². The van der Waals surface area contributed by atoms with E-state index in [0.29, 0.717) is 30.4 Å². The fourth-order valence-corrected chi connectivity index (χ4v) is 2.16. The van der Waals surface area contributed by atoms with E-state index in [-0.39, 0.29) is 0 Å². The van der Waals surface area contributed by atoms with Crippen molar-refractivity contribution in [3.63, 3.8) is 0 Å². The molecular weight excluding hydrogens is 244 g/mol. The summed E-state index contributed by atoms with van der Waals surface area (Å²) < 4.78 is 5.47. The zero-order valence-corrected chi connectivity index (χ0v) is 11.6. The minimum absolute atomic E-state index is 0.333. The predicted molar refractivity (Wildman–Crippen MR) is 74.0 cm³/mol. The normalized spacial score (nSPS) is 18.7. The molecule has 1 saturated heterocycles. The van der Waals surface area contributed by atoms with Gasteiger partial charge in [-0.25, -0.2) is 5.84 Å². The van der Waals surface area contributed by atoms with Crippen LogP contribution in [0.3, 0.4) is 0 Å². The van der Waals surface area contributed by atoms with Crippen LogP contribution in [0.5, 0.6) is 6.01 Å². The van der Waals surface area contributed by atoms with Crippen LogP contribution in [0.15, 0.2) is 0 Å². The van der Waals surface area contributed by atoms with Crippen molar-refractivity contribution in [3.05, 3.63) is 0 Å². The highest BCUT2D eigenvalue weighted by atomic mass is 16.5. The van der Waals surface area contributed by atoms with Gasteiger partial charge in [0.25, 0.3) is 0 Å². The third kappa shape index (κ3) is 3.44.